The molecule has 1 aromatic carbocycles. The molecule has 0 spiro atoms. The van der Waals surface area contributed by atoms with Gasteiger partial charge in [-0.3, -0.25) is 4.79 Å². The van der Waals surface area contributed by atoms with Crippen LogP contribution in [0.15, 0.2) is 54.3 Å². The van der Waals surface area contributed by atoms with E-state index >= 15 is 0 Å². The highest BCUT2D eigenvalue weighted by Crippen LogP contribution is 2.12. The van der Waals surface area contributed by atoms with Gasteiger partial charge in [0.1, 0.15) is 0 Å². The maximum absolute atomic E-state index is 11.6. The van der Waals surface area contributed by atoms with Crippen molar-refractivity contribution in [2.75, 3.05) is 0 Å². The monoisotopic (exact) mass is 272 g/mol. The molecule has 0 saturated heterocycles. The Labute approximate surface area is 122 Å². The van der Waals surface area contributed by atoms with Gasteiger partial charge in [0.25, 0.3) is 0 Å². The van der Waals surface area contributed by atoms with E-state index in [0.717, 1.165) is 18.4 Å². The van der Waals surface area contributed by atoms with Crippen molar-refractivity contribution in [3.8, 4) is 0 Å². The van der Waals surface area contributed by atoms with Crippen LogP contribution in [0.4, 0.5) is 0 Å². The molecular formula is C18H24O2. The van der Waals surface area contributed by atoms with Crippen molar-refractivity contribution in [2.24, 2.45) is 5.92 Å². The third-order valence-corrected chi connectivity index (χ3v) is 2.99. The number of carbonyl (C=O) groups excluding carboxylic acids is 1. The molecule has 0 saturated carbocycles. The van der Waals surface area contributed by atoms with Gasteiger partial charge < -0.3 is 4.74 Å². The molecule has 108 valence electrons. The standard InChI is InChI=1S/C18H24O2/c1-4-8-15(2)13-16(3)11-12-20-18(19)14-17-9-6-5-7-10-17/h5-12,16H,4,13-14H2,1-3H3/b12-11+,15-8+. The van der Waals surface area contributed by atoms with Gasteiger partial charge in [0, 0.05) is 0 Å². The van der Waals surface area contributed by atoms with E-state index in [1.54, 1.807) is 0 Å². The minimum Gasteiger partial charge on any atom is -0.435 e. The fraction of sp³-hybridized carbons (Fsp3) is 0.389. The summed E-state index contributed by atoms with van der Waals surface area (Å²) in [5, 5.41) is 0. The van der Waals surface area contributed by atoms with Gasteiger partial charge in [-0.2, -0.15) is 0 Å². The first kappa shape index (κ1) is 16.2. The van der Waals surface area contributed by atoms with Gasteiger partial charge in [0.15, 0.2) is 0 Å². The predicted molar refractivity (Wildman–Crippen MR) is 83.2 cm³/mol. The Morgan fingerprint density at radius 3 is 2.65 bits per heavy atom. The number of ether oxygens (including phenoxy) is 1. The topological polar surface area (TPSA) is 26.3 Å². The quantitative estimate of drug-likeness (QED) is 0.409. The molecular weight excluding hydrogens is 248 g/mol. The smallest absolute Gasteiger partial charge is 0.315 e. The Balaban J connectivity index is 2.33. The molecule has 1 aromatic rings. The molecule has 0 fully saturated rings. The van der Waals surface area contributed by atoms with Crippen molar-refractivity contribution in [3.63, 3.8) is 0 Å². The first-order valence-corrected chi connectivity index (χ1v) is 7.17. The second kappa shape index (κ2) is 9.13. The van der Waals surface area contributed by atoms with Gasteiger partial charge in [0.2, 0.25) is 0 Å². The molecule has 1 unspecified atom stereocenters. The Morgan fingerprint density at radius 2 is 2.00 bits per heavy atom. The second-order valence-electron chi connectivity index (χ2n) is 5.12. The summed E-state index contributed by atoms with van der Waals surface area (Å²) in [6, 6.07) is 9.62. The Kier molecular flexibility index (Phi) is 7.41. The number of rotatable bonds is 7. The number of allylic oxidation sites excluding steroid dienone is 3. The Morgan fingerprint density at radius 1 is 1.30 bits per heavy atom. The molecule has 0 aromatic heterocycles. The third-order valence-electron chi connectivity index (χ3n) is 2.99. The van der Waals surface area contributed by atoms with Crippen LogP contribution >= 0.6 is 0 Å². The van der Waals surface area contributed by atoms with Crippen LogP contribution in [0.25, 0.3) is 0 Å². The van der Waals surface area contributed by atoms with E-state index in [9.17, 15) is 4.79 Å². The van der Waals surface area contributed by atoms with Crippen molar-refractivity contribution in [1.82, 2.24) is 0 Å². The minimum atomic E-state index is -0.222. The van der Waals surface area contributed by atoms with Crippen LogP contribution in [0, 0.1) is 5.92 Å². The zero-order chi connectivity index (χ0) is 14.8. The molecule has 0 aliphatic rings. The van der Waals surface area contributed by atoms with Crippen molar-refractivity contribution < 1.29 is 9.53 Å². The first-order valence-electron chi connectivity index (χ1n) is 7.17. The zero-order valence-corrected chi connectivity index (χ0v) is 12.6. The normalized spacial score (nSPS) is 13.4. The zero-order valence-electron chi connectivity index (χ0n) is 12.6. The van der Waals surface area contributed by atoms with Crippen molar-refractivity contribution in [3.05, 3.63) is 59.9 Å². The molecule has 2 nitrogen and oxygen atoms in total. The highest BCUT2D eigenvalue weighted by Gasteiger charge is 2.03. The summed E-state index contributed by atoms with van der Waals surface area (Å²) in [4.78, 5) is 11.6. The van der Waals surface area contributed by atoms with E-state index in [4.69, 9.17) is 4.74 Å². The summed E-state index contributed by atoms with van der Waals surface area (Å²) >= 11 is 0. The molecule has 1 rings (SSSR count). The average molecular weight is 272 g/mol. The summed E-state index contributed by atoms with van der Waals surface area (Å²) in [5.74, 6) is 0.155. The highest BCUT2D eigenvalue weighted by atomic mass is 16.5. The largest absolute Gasteiger partial charge is 0.435 e. The predicted octanol–water partition coefficient (Wildman–Crippen LogP) is 4.67. The van der Waals surface area contributed by atoms with Crippen LogP contribution in [0.3, 0.4) is 0 Å². The second-order valence-corrected chi connectivity index (χ2v) is 5.12. The lowest BCUT2D eigenvalue weighted by Crippen LogP contribution is -2.04. The van der Waals surface area contributed by atoms with E-state index in [1.165, 1.54) is 11.8 Å². The van der Waals surface area contributed by atoms with Gasteiger partial charge >= 0.3 is 5.97 Å². The van der Waals surface area contributed by atoms with Crippen LogP contribution in [0.5, 0.6) is 0 Å². The molecule has 0 aliphatic carbocycles. The average Bonchev–Trinajstić information content (AvgIpc) is 2.39. The van der Waals surface area contributed by atoms with Gasteiger partial charge in [-0.1, -0.05) is 55.8 Å². The summed E-state index contributed by atoms with van der Waals surface area (Å²) in [5.41, 5.74) is 2.35. The fourth-order valence-electron chi connectivity index (χ4n) is 2.06. The lowest BCUT2D eigenvalue weighted by atomic mass is 10.0. The Hall–Kier alpha value is -1.83. The van der Waals surface area contributed by atoms with Crippen molar-refractivity contribution >= 4 is 5.97 Å². The maximum atomic E-state index is 11.6. The fourth-order valence-corrected chi connectivity index (χ4v) is 2.06. The van der Waals surface area contributed by atoms with Crippen LogP contribution < -0.4 is 0 Å². The van der Waals surface area contributed by atoms with Gasteiger partial charge in [-0.05, 0) is 37.3 Å². The lowest BCUT2D eigenvalue weighted by molar-refractivity contribution is -0.137. The molecule has 0 radical (unpaired) electrons. The molecule has 2 heteroatoms. The molecule has 0 bridgehead atoms. The van der Waals surface area contributed by atoms with Crippen molar-refractivity contribution in [1.29, 1.82) is 0 Å². The van der Waals surface area contributed by atoms with Crippen molar-refractivity contribution in [2.45, 2.75) is 40.0 Å². The van der Waals surface area contributed by atoms with Crippen LogP contribution in [-0.2, 0) is 16.0 Å². The van der Waals surface area contributed by atoms with Gasteiger partial charge in [-0.25, -0.2) is 0 Å². The number of hydrogen-bond donors (Lipinski definition) is 0. The number of benzene rings is 1. The summed E-state index contributed by atoms with van der Waals surface area (Å²) in [6.45, 7) is 6.39. The highest BCUT2D eigenvalue weighted by molar-refractivity contribution is 5.73. The number of esters is 1. The SMILES string of the molecule is CC/C=C(\C)CC(C)/C=C/OC(=O)Cc1ccccc1. The molecule has 0 amide bonds. The Bertz CT molecular complexity index is 458. The lowest BCUT2D eigenvalue weighted by Gasteiger charge is -2.06. The van der Waals surface area contributed by atoms with Crippen LogP contribution in [0.1, 0.15) is 39.2 Å². The minimum absolute atomic E-state index is 0.222. The third kappa shape index (κ3) is 6.93. The van der Waals surface area contributed by atoms with E-state index < -0.39 is 0 Å². The number of carbonyl (C=O) groups is 1. The maximum Gasteiger partial charge on any atom is 0.315 e. The molecule has 1 atom stereocenters. The molecule has 0 N–H and O–H groups in total. The summed E-state index contributed by atoms with van der Waals surface area (Å²) < 4.78 is 5.12. The summed E-state index contributed by atoms with van der Waals surface area (Å²) in [7, 11) is 0. The summed E-state index contributed by atoms with van der Waals surface area (Å²) in [6.07, 6.45) is 8.07. The molecule has 0 aliphatic heterocycles. The molecule has 0 heterocycles. The number of hydrogen-bond acceptors (Lipinski definition) is 2. The van der Waals surface area contributed by atoms with Crippen LogP contribution in [-0.4, -0.2) is 5.97 Å². The van der Waals surface area contributed by atoms with Crippen LogP contribution in [0.2, 0.25) is 0 Å². The molecule has 20 heavy (non-hydrogen) atoms. The van der Waals surface area contributed by atoms with E-state index in [1.807, 2.05) is 36.4 Å². The van der Waals surface area contributed by atoms with Gasteiger partial charge in [0.05, 0.1) is 12.7 Å². The van der Waals surface area contributed by atoms with E-state index in [-0.39, 0.29) is 5.97 Å². The van der Waals surface area contributed by atoms with E-state index in [2.05, 4.69) is 26.8 Å². The van der Waals surface area contributed by atoms with E-state index in [0.29, 0.717) is 12.3 Å². The van der Waals surface area contributed by atoms with Gasteiger partial charge in [-0.15, -0.1) is 0 Å². The first-order chi connectivity index (χ1) is 9.61.